The van der Waals surface area contributed by atoms with Crippen LogP contribution in [0.5, 0.6) is 0 Å². The van der Waals surface area contributed by atoms with Crippen molar-refractivity contribution < 1.29 is 22.1 Å². The van der Waals surface area contributed by atoms with Crippen molar-refractivity contribution in [3.8, 4) is 10.7 Å². The second kappa shape index (κ2) is 8.70. The number of thiophene rings is 1. The van der Waals surface area contributed by atoms with Crippen molar-refractivity contribution in [2.24, 2.45) is 0 Å². The minimum Gasteiger partial charge on any atom is -0.345 e. The number of halogens is 1. The lowest BCUT2D eigenvalue weighted by Gasteiger charge is -2.29. The number of carbonyl (C=O) groups is 1. The van der Waals surface area contributed by atoms with Gasteiger partial charge in [0.1, 0.15) is 11.9 Å². The minimum absolute atomic E-state index is 0.0469. The van der Waals surface area contributed by atoms with E-state index in [0.717, 1.165) is 27.6 Å². The number of nitrogens with one attached hydrogen (secondary N) is 1. The van der Waals surface area contributed by atoms with Crippen molar-refractivity contribution >= 4 is 33.0 Å². The molecule has 154 valence electrons. The Morgan fingerprint density at radius 3 is 2.62 bits per heavy atom. The molecule has 2 heterocycles. The molecule has 0 bridgehead atoms. The molecule has 3 aromatic rings. The molecule has 1 atom stereocenters. The summed E-state index contributed by atoms with van der Waals surface area (Å²) in [7, 11) is -3.80. The quantitative estimate of drug-likeness (QED) is 0.580. The van der Waals surface area contributed by atoms with E-state index < -0.39 is 27.8 Å². The molecule has 0 saturated carbocycles. The van der Waals surface area contributed by atoms with E-state index in [1.807, 2.05) is 17.5 Å². The largest absolute Gasteiger partial charge is 0.345 e. The van der Waals surface area contributed by atoms with Gasteiger partial charge in [0.25, 0.3) is 0 Å². The van der Waals surface area contributed by atoms with Crippen LogP contribution in [-0.4, -0.2) is 36.8 Å². The van der Waals surface area contributed by atoms with Gasteiger partial charge in [0.2, 0.25) is 27.6 Å². The maximum atomic E-state index is 13.2. The highest BCUT2D eigenvalue weighted by atomic mass is 32.2. The maximum absolute atomic E-state index is 13.2. The van der Waals surface area contributed by atoms with Gasteiger partial charge >= 0.3 is 0 Å². The van der Waals surface area contributed by atoms with Crippen molar-refractivity contribution in [3.63, 3.8) is 0 Å². The number of rotatable bonds is 8. The van der Waals surface area contributed by atoms with Gasteiger partial charge < -0.3 is 9.84 Å². The van der Waals surface area contributed by atoms with E-state index in [4.69, 9.17) is 4.52 Å². The van der Waals surface area contributed by atoms with Gasteiger partial charge in [0.15, 0.2) is 0 Å². The first kappa shape index (κ1) is 20.9. The zero-order chi connectivity index (χ0) is 21.0. The molecule has 0 aliphatic heterocycles. The number of aromatic nitrogens is 2. The fraction of sp³-hybridized carbons (Fsp3) is 0.278. The Balaban J connectivity index is 1.75. The predicted octanol–water partition coefficient (Wildman–Crippen LogP) is 2.80. The summed E-state index contributed by atoms with van der Waals surface area (Å²) in [6.07, 6.45) is 1.21. The van der Waals surface area contributed by atoms with Crippen LogP contribution in [0.15, 0.2) is 46.3 Å². The van der Waals surface area contributed by atoms with Crippen molar-refractivity contribution in [2.75, 3.05) is 10.6 Å². The number of benzene rings is 1. The number of sulfonamides is 1. The standard InChI is InChI=1S/C18H19FN4O4S2/c1-3-14(23(29(2,25)26)13-8-6-12(19)7-9-13)18(24)20-11-16-21-17(22-27-16)15-5-4-10-28-15/h4-10,14H,3,11H2,1-2H3,(H,20,24). The SMILES string of the molecule is CCC(C(=O)NCc1nc(-c2cccs2)no1)N(c1ccc(F)cc1)S(C)(=O)=O. The molecule has 0 aliphatic rings. The van der Waals surface area contributed by atoms with E-state index >= 15 is 0 Å². The fourth-order valence-corrected chi connectivity index (χ4v) is 4.62. The van der Waals surface area contributed by atoms with Crippen LogP contribution in [0.3, 0.4) is 0 Å². The van der Waals surface area contributed by atoms with Gasteiger partial charge in [0.05, 0.1) is 23.4 Å². The lowest BCUT2D eigenvalue weighted by Crippen LogP contribution is -2.49. The van der Waals surface area contributed by atoms with Gasteiger partial charge in [-0.1, -0.05) is 18.1 Å². The summed E-state index contributed by atoms with van der Waals surface area (Å²) in [6.45, 7) is 1.64. The Morgan fingerprint density at radius 1 is 1.31 bits per heavy atom. The molecule has 1 amide bonds. The first-order valence-corrected chi connectivity index (χ1v) is 11.4. The highest BCUT2D eigenvalue weighted by Gasteiger charge is 2.31. The van der Waals surface area contributed by atoms with Crippen LogP contribution >= 0.6 is 11.3 Å². The molecular formula is C18H19FN4O4S2. The number of carbonyl (C=O) groups excluding carboxylic acids is 1. The number of anilines is 1. The Bertz CT molecular complexity index is 1070. The van der Waals surface area contributed by atoms with E-state index in [0.29, 0.717) is 5.82 Å². The molecule has 0 spiro atoms. The number of amides is 1. The second-order valence-corrected chi connectivity index (χ2v) is 8.97. The molecule has 11 heteroatoms. The lowest BCUT2D eigenvalue weighted by atomic mass is 10.2. The number of hydrogen-bond donors (Lipinski definition) is 1. The van der Waals surface area contributed by atoms with Gasteiger partial charge in [-0.2, -0.15) is 4.98 Å². The molecule has 0 fully saturated rings. The molecule has 2 aromatic heterocycles. The summed E-state index contributed by atoms with van der Waals surface area (Å²) in [5.41, 5.74) is 0.202. The molecule has 1 aromatic carbocycles. The zero-order valence-electron chi connectivity index (χ0n) is 15.7. The molecule has 0 aliphatic carbocycles. The normalized spacial score (nSPS) is 12.5. The first-order valence-electron chi connectivity index (χ1n) is 8.68. The second-order valence-electron chi connectivity index (χ2n) is 6.17. The average molecular weight is 439 g/mol. The smallest absolute Gasteiger partial charge is 0.246 e. The van der Waals surface area contributed by atoms with E-state index in [9.17, 15) is 17.6 Å². The van der Waals surface area contributed by atoms with Crippen molar-refractivity contribution in [3.05, 3.63) is 53.5 Å². The highest BCUT2D eigenvalue weighted by Crippen LogP contribution is 2.23. The predicted molar refractivity (Wildman–Crippen MR) is 107 cm³/mol. The van der Waals surface area contributed by atoms with Crippen LogP contribution in [0.2, 0.25) is 0 Å². The van der Waals surface area contributed by atoms with Crippen LogP contribution < -0.4 is 9.62 Å². The van der Waals surface area contributed by atoms with Crippen molar-refractivity contribution in [1.82, 2.24) is 15.5 Å². The summed E-state index contributed by atoms with van der Waals surface area (Å²) < 4.78 is 44.0. The van der Waals surface area contributed by atoms with Crippen LogP contribution in [-0.2, 0) is 21.4 Å². The Labute approximate surface area is 171 Å². The van der Waals surface area contributed by atoms with E-state index in [-0.39, 0.29) is 24.5 Å². The van der Waals surface area contributed by atoms with Crippen molar-refractivity contribution in [1.29, 1.82) is 0 Å². The summed E-state index contributed by atoms with van der Waals surface area (Å²) in [5, 5.41) is 8.38. The lowest BCUT2D eigenvalue weighted by molar-refractivity contribution is -0.122. The summed E-state index contributed by atoms with van der Waals surface area (Å²) in [5.74, 6) is -0.416. The van der Waals surface area contributed by atoms with Crippen LogP contribution in [0.4, 0.5) is 10.1 Å². The van der Waals surface area contributed by atoms with E-state index in [2.05, 4.69) is 15.5 Å². The molecule has 1 unspecified atom stereocenters. The molecule has 29 heavy (non-hydrogen) atoms. The van der Waals surface area contributed by atoms with Gasteiger partial charge in [-0.05, 0) is 42.1 Å². The first-order chi connectivity index (χ1) is 13.8. The molecule has 3 rings (SSSR count). The van der Waals surface area contributed by atoms with Gasteiger partial charge in [-0.25, -0.2) is 12.8 Å². The average Bonchev–Trinajstić information content (AvgIpc) is 3.35. The summed E-state index contributed by atoms with van der Waals surface area (Å²) >= 11 is 1.46. The Hall–Kier alpha value is -2.79. The third-order valence-electron chi connectivity index (χ3n) is 4.03. The maximum Gasteiger partial charge on any atom is 0.246 e. The van der Waals surface area contributed by atoms with Gasteiger partial charge in [-0.15, -0.1) is 11.3 Å². The highest BCUT2D eigenvalue weighted by molar-refractivity contribution is 7.92. The third-order valence-corrected chi connectivity index (χ3v) is 6.08. The van der Waals surface area contributed by atoms with Gasteiger partial charge in [-0.3, -0.25) is 9.10 Å². The fourth-order valence-electron chi connectivity index (χ4n) is 2.76. The zero-order valence-corrected chi connectivity index (χ0v) is 17.3. The van der Waals surface area contributed by atoms with E-state index in [1.165, 1.54) is 23.5 Å². The van der Waals surface area contributed by atoms with Crippen molar-refractivity contribution in [2.45, 2.75) is 25.9 Å². The molecule has 8 nitrogen and oxygen atoms in total. The molecular weight excluding hydrogens is 419 g/mol. The van der Waals surface area contributed by atoms with Crippen LogP contribution in [0, 0.1) is 5.82 Å². The summed E-state index contributed by atoms with van der Waals surface area (Å²) in [4.78, 5) is 17.8. The number of hydrogen-bond acceptors (Lipinski definition) is 7. The molecule has 1 N–H and O–H groups in total. The topological polar surface area (TPSA) is 105 Å². The van der Waals surface area contributed by atoms with Crippen LogP contribution in [0.1, 0.15) is 19.2 Å². The Morgan fingerprint density at radius 2 is 2.03 bits per heavy atom. The third kappa shape index (κ3) is 4.98. The summed E-state index contributed by atoms with van der Waals surface area (Å²) in [6, 6.07) is 7.60. The van der Waals surface area contributed by atoms with Crippen LogP contribution in [0.25, 0.3) is 10.7 Å². The molecule has 0 radical (unpaired) electrons. The number of nitrogens with zero attached hydrogens (tertiary/aromatic N) is 3. The Kier molecular flexibility index (Phi) is 6.28. The monoisotopic (exact) mass is 438 g/mol. The minimum atomic E-state index is -3.80. The van der Waals surface area contributed by atoms with Gasteiger partial charge in [0, 0.05) is 0 Å². The van der Waals surface area contributed by atoms with E-state index in [1.54, 1.807) is 6.92 Å². The molecule has 0 saturated heterocycles.